The average molecular weight is 336 g/mol. The van der Waals surface area contributed by atoms with Gasteiger partial charge in [0.05, 0.1) is 0 Å². The third kappa shape index (κ3) is 3.20. The molecule has 1 aliphatic heterocycles. The molecule has 0 saturated carbocycles. The molecule has 128 valence electrons. The van der Waals surface area contributed by atoms with E-state index < -0.39 is 0 Å². The molecule has 3 aromatic rings. The van der Waals surface area contributed by atoms with Crippen LogP contribution < -0.4 is 15.2 Å². The lowest BCUT2D eigenvalue weighted by Gasteiger charge is -2.32. The number of anilines is 1. The second kappa shape index (κ2) is 6.55. The molecule has 1 saturated heterocycles. The Morgan fingerprint density at radius 1 is 1.16 bits per heavy atom. The van der Waals surface area contributed by atoms with Gasteiger partial charge < -0.3 is 9.64 Å². The number of hydrogen-bond donors (Lipinski definition) is 0. The van der Waals surface area contributed by atoms with Gasteiger partial charge in [-0.05, 0) is 25.1 Å². The standard InChI is InChI=1S/C19H20N4O2/c1-14-5-4-9-20-19(14)25-15-7-11-22(12-8-15)17-13-18(24)23-10-3-2-6-16(23)21-17/h2-6,9-10,13,15H,7-8,11-12H2,1H3. The molecule has 0 aromatic carbocycles. The maximum atomic E-state index is 12.2. The van der Waals surface area contributed by atoms with Crippen molar-refractivity contribution >= 4 is 11.5 Å². The number of piperidine rings is 1. The van der Waals surface area contributed by atoms with Crippen molar-refractivity contribution < 1.29 is 4.74 Å². The van der Waals surface area contributed by atoms with E-state index in [1.165, 1.54) is 0 Å². The van der Waals surface area contributed by atoms with E-state index in [9.17, 15) is 4.79 Å². The van der Waals surface area contributed by atoms with Gasteiger partial charge in [-0.3, -0.25) is 9.20 Å². The summed E-state index contributed by atoms with van der Waals surface area (Å²) in [6.45, 7) is 3.63. The van der Waals surface area contributed by atoms with E-state index in [-0.39, 0.29) is 11.7 Å². The van der Waals surface area contributed by atoms with Crippen LogP contribution in [0.4, 0.5) is 5.82 Å². The van der Waals surface area contributed by atoms with Crippen molar-refractivity contribution in [2.24, 2.45) is 0 Å². The normalized spacial score (nSPS) is 15.5. The fourth-order valence-electron chi connectivity index (χ4n) is 3.16. The van der Waals surface area contributed by atoms with E-state index >= 15 is 0 Å². The summed E-state index contributed by atoms with van der Waals surface area (Å²) >= 11 is 0. The molecule has 0 radical (unpaired) electrons. The minimum Gasteiger partial charge on any atom is -0.474 e. The highest BCUT2D eigenvalue weighted by atomic mass is 16.5. The van der Waals surface area contributed by atoms with Crippen molar-refractivity contribution in [3.8, 4) is 5.88 Å². The van der Waals surface area contributed by atoms with Gasteiger partial charge in [-0.1, -0.05) is 12.1 Å². The van der Waals surface area contributed by atoms with Crippen molar-refractivity contribution in [3.63, 3.8) is 0 Å². The zero-order chi connectivity index (χ0) is 17.2. The van der Waals surface area contributed by atoms with Gasteiger partial charge >= 0.3 is 0 Å². The van der Waals surface area contributed by atoms with Gasteiger partial charge in [0.2, 0.25) is 5.88 Å². The van der Waals surface area contributed by atoms with Gasteiger partial charge in [0.1, 0.15) is 17.6 Å². The van der Waals surface area contributed by atoms with Crippen LogP contribution in [-0.2, 0) is 0 Å². The first-order chi connectivity index (χ1) is 12.2. The van der Waals surface area contributed by atoms with Crippen LogP contribution >= 0.6 is 0 Å². The van der Waals surface area contributed by atoms with E-state index in [0.717, 1.165) is 37.3 Å². The first-order valence-electron chi connectivity index (χ1n) is 8.52. The summed E-state index contributed by atoms with van der Waals surface area (Å²) in [7, 11) is 0. The lowest BCUT2D eigenvalue weighted by atomic mass is 10.1. The molecular formula is C19H20N4O2. The van der Waals surface area contributed by atoms with E-state index in [2.05, 4.69) is 14.9 Å². The summed E-state index contributed by atoms with van der Waals surface area (Å²) in [5, 5.41) is 0. The number of fused-ring (bicyclic) bond motifs is 1. The largest absolute Gasteiger partial charge is 0.474 e. The lowest BCUT2D eigenvalue weighted by Crippen LogP contribution is -2.39. The monoisotopic (exact) mass is 336 g/mol. The lowest BCUT2D eigenvalue weighted by molar-refractivity contribution is 0.162. The highest BCUT2D eigenvalue weighted by Gasteiger charge is 2.23. The van der Waals surface area contributed by atoms with Crippen LogP contribution in [0.3, 0.4) is 0 Å². The van der Waals surface area contributed by atoms with Gasteiger partial charge in [0, 0.05) is 50.0 Å². The van der Waals surface area contributed by atoms with Gasteiger partial charge in [0.25, 0.3) is 5.56 Å². The van der Waals surface area contributed by atoms with Crippen LogP contribution in [0.15, 0.2) is 53.6 Å². The van der Waals surface area contributed by atoms with Crippen molar-refractivity contribution in [2.75, 3.05) is 18.0 Å². The highest BCUT2D eigenvalue weighted by Crippen LogP contribution is 2.22. The number of nitrogens with zero attached hydrogens (tertiary/aromatic N) is 4. The minimum absolute atomic E-state index is 0.0527. The SMILES string of the molecule is Cc1cccnc1OC1CCN(c2cc(=O)n3ccccc3n2)CC1. The van der Waals surface area contributed by atoms with Crippen LogP contribution in [0, 0.1) is 6.92 Å². The van der Waals surface area contributed by atoms with Crippen LogP contribution in [0.5, 0.6) is 5.88 Å². The Kier molecular flexibility index (Phi) is 4.09. The molecule has 4 rings (SSSR count). The number of ether oxygens (including phenoxy) is 1. The summed E-state index contributed by atoms with van der Waals surface area (Å²) in [5.74, 6) is 1.45. The van der Waals surface area contributed by atoms with E-state index in [4.69, 9.17) is 4.74 Å². The first kappa shape index (κ1) is 15.6. The average Bonchev–Trinajstić information content (AvgIpc) is 2.64. The topological polar surface area (TPSA) is 59.7 Å². The molecule has 6 heteroatoms. The second-order valence-electron chi connectivity index (χ2n) is 6.31. The molecule has 0 unspecified atom stereocenters. The summed E-state index contributed by atoms with van der Waals surface area (Å²) < 4.78 is 7.60. The highest BCUT2D eigenvalue weighted by molar-refractivity contribution is 5.48. The molecule has 0 atom stereocenters. The molecule has 0 N–H and O–H groups in total. The predicted molar refractivity (Wildman–Crippen MR) is 96.3 cm³/mol. The maximum Gasteiger partial charge on any atom is 0.259 e. The summed E-state index contributed by atoms with van der Waals surface area (Å²) in [4.78, 5) is 23.3. The van der Waals surface area contributed by atoms with Gasteiger partial charge in [-0.2, -0.15) is 0 Å². The Balaban J connectivity index is 1.47. The minimum atomic E-state index is -0.0527. The molecule has 1 aliphatic rings. The first-order valence-corrected chi connectivity index (χ1v) is 8.52. The Hall–Kier alpha value is -2.89. The van der Waals surface area contributed by atoms with Crippen LogP contribution in [0.1, 0.15) is 18.4 Å². The molecule has 0 amide bonds. The Morgan fingerprint density at radius 2 is 2.00 bits per heavy atom. The molecular weight excluding hydrogens is 316 g/mol. The molecule has 4 heterocycles. The fourth-order valence-corrected chi connectivity index (χ4v) is 3.16. The van der Waals surface area contributed by atoms with Gasteiger partial charge in [-0.25, -0.2) is 9.97 Å². The van der Waals surface area contributed by atoms with Crippen LogP contribution in [0.25, 0.3) is 5.65 Å². The van der Waals surface area contributed by atoms with E-state index in [1.807, 2.05) is 37.3 Å². The number of aryl methyl sites for hydroxylation is 1. The molecule has 0 aliphatic carbocycles. The van der Waals surface area contributed by atoms with Crippen molar-refractivity contribution in [3.05, 3.63) is 64.7 Å². The van der Waals surface area contributed by atoms with Gasteiger partial charge in [0.15, 0.2) is 0 Å². The Morgan fingerprint density at radius 3 is 2.80 bits per heavy atom. The third-order valence-corrected chi connectivity index (χ3v) is 4.56. The maximum absolute atomic E-state index is 12.2. The zero-order valence-corrected chi connectivity index (χ0v) is 14.1. The number of rotatable bonds is 3. The second-order valence-corrected chi connectivity index (χ2v) is 6.31. The molecule has 3 aromatic heterocycles. The smallest absolute Gasteiger partial charge is 0.259 e. The number of pyridine rings is 2. The molecule has 1 fully saturated rings. The van der Waals surface area contributed by atoms with Crippen molar-refractivity contribution in [1.29, 1.82) is 0 Å². The zero-order valence-electron chi connectivity index (χ0n) is 14.1. The summed E-state index contributed by atoms with van der Waals surface area (Å²) in [6.07, 6.45) is 5.40. The number of aromatic nitrogens is 3. The Labute approximate surface area is 145 Å². The quantitative estimate of drug-likeness (QED) is 0.735. The van der Waals surface area contributed by atoms with E-state index in [1.54, 1.807) is 22.9 Å². The summed E-state index contributed by atoms with van der Waals surface area (Å²) in [5.41, 5.74) is 1.67. The van der Waals surface area contributed by atoms with E-state index in [0.29, 0.717) is 11.5 Å². The third-order valence-electron chi connectivity index (χ3n) is 4.56. The molecule has 6 nitrogen and oxygen atoms in total. The van der Waals surface area contributed by atoms with Gasteiger partial charge in [-0.15, -0.1) is 0 Å². The summed E-state index contributed by atoms with van der Waals surface area (Å²) in [6, 6.07) is 11.1. The molecule has 25 heavy (non-hydrogen) atoms. The predicted octanol–water partition coefficient (Wildman–Crippen LogP) is 2.45. The number of hydrogen-bond acceptors (Lipinski definition) is 5. The van der Waals surface area contributed by atoms with Crippen LogP contribution in [0.2, 0.25) is 0 Å². The molecule has 0 bridgehead atoms. The Bertz CT molecular complexity index is 945. The fraction of sp³-hybridized carbons (Fsp3) is 0.316. The van der Waals surface area contributed by atoms with Crippen molar-refractivity contribution in [2.45, 2.75) is 25.9 Å². The van der Waals surface area contributed by atoms with Crippen molar-refractivity contribution in [1.82, 2.24) is 14.4 Å². The van der Waals surface area contributed by atoms with Crippen LogP contribution in [-0.4, -0.2) is 33.6 Å². The molecule has 0 spiro atoms.